The molecular formula is C15H23N3O. The number of nitrogens with two attached hydrogens (primary N) is 1. The summed E-state index contributed by atoms with van der Waals surface area (Å²) in [5.41, 5.74) is 5.08. The fraction of sp³-hybridized carbons (Fsp3) is 0.533. The molecule has 104 valence electrons. The van der Waals surface area contributed by atoms with Gasteiger partial charge >= 0.3 is 0 Å². The maximum atomic E-state index is 12.7. The van der Waals surface area contributed by atoms with E-state index < -0.39 is 0 Å². The molecule has 2 rings (SSSR count). The highest BCUT2D eigenvalue weighted by molar-refractivity contribution is 6.00. The van der Waals surface area contributed by atoms with Crippen molar-refractivity contribution in [2.24, 2.45) is 5.84 Å². The molecule has 0 aliphatic carbocycles. The number of aryl methyl sites for hydroxylation is 1. The monoisotopic (exact) mass is 261 g/mol. The van der Waals surface area contributed by atoms with E-state index in [9.17, 15) is 4.79 Å². The van der Waals surface area contributed by atoms with E-state index in [-0.39, 0.29) is 5.91 Å². The standard InChI is InChI=1S/C15H23N3O/c1-11-7-8-14(17-16)13(10-11)15(19)18-9-5-3-4-6-12(18)2/h7-8,10,12,17H,3-6,9,16H2,1-2H3. The first-order valence-corrected chi connectivity index (χ1v) is 7.01. The molecule has 4 heteroatoms. The topological polar surface area (TPSA) is 58.4 Å². The highest BCUT2D eigenvalue weighted by atomic mass is 16.2. The second-order valence-corrected chi connectivity index (χ2v) is 5.39. The number of likely N-dealkylation sites (tertiary alicyclic amines) is 1. The average Bonchev–Trinajstić information content (AvgIpc) is 2.62. The van der Waals surface area contributed by atoms with Gasteiger partial charge in [-0.1, -0.05) is 24.5 Å². The van der Waals surface area contributed by atoms with Crippen molar-refractivity contribution in [2.75, 3.05) is 12.0 Å². The van der Waals surface area contributed by atoms with Crippen molar-refractivity contribution in [3.05, 3.63) is 29.3 Å². The summed E-state index contributed by atoms with van der Waals surface area (Å²) in [6.07, 6.45) is 4.60. The van der Waals surface area contributed by atoms with Gasteiger partial charge in [0.1, 0.15) is 0 Å². The first-order chi connectivity index (χ1) is 9.13. The van der Waals surface area contributed by atoms with E-state index in [0.29, 0.717) is 17.3 Å². The molecule has 0 radical (unpaired) electrons. The molecule has 0 aromatic heterocycles. The second-order valence-electron chi connectivity index (χ2n) is 5.39. The van der Waals surface area contributed by atoms with Gasteiger partial charge in [-0.25, -0.2) is 0 Å². The molecule has 1 atom stereocenters. The van der Waals surface area contributed by atoms with E-state index in [1.165, 1.54) is 12.8 Å². The summed E-state index contributed by atoms with van der Waals surface area (Å²) in [5.74, 6) is 5.60. The van der Waals surface area contributed by atoms with Crippen molar-refractivity contribution in [3.8, 4) is 0 Å². The SMILES string of the molecule is Cc1ccc(NN)c(C(=O)N2CCCCCC2C)c1. The van der Waals surface area contributed by atoms with Gasteiger partial charge < -0.3 is 10.3 Å². The van der Waals surface area contributed by atoms with Crippen LogP contribution in [0.2, 0.25) is 0 Å². The molecule has 1 saturated heterocycles. The van der Waals surface area contributed by atoms with Crippen LogP contribution in [0.4, 0.5) is 5.69 Å². The van der Waals surface area contributed by atoms with Crippen LogP contribution >= 0.6 is 0 Å². The average molecular weight is 261 g/mol. The molecule has 1 fully saturated rings. The van der Waals surface area contributed by atoms with Crippen LogP contribution in [-0.2, 0) is 0 Å². The van der Waals surface area contributed by atoms with E-state index in [1.807, 2.05) is 30.0 Å². The maximum absolute atomic E-state index is 12.7. The van der Waals surface area contributed by atoms with Crippen LogP contribution in [0.5, 0.6) is 0 Å². The Morgan fingerprint density at radius 1 is 1.37 bits per heavy atom. The van der Waals surface area contributed by atoms with Crippen LogP contribution in [0.3, 0.4) is 0 Å². The highest BCUT2D eigenvalue weighted by Crippen LogP contribution is 2.23. The summed E-state index contributed by atoms with van der Waals surface area (Å²) in [4.78, 5) is 14.7. The lowest BCUT2D eigenvalue weighted by Crippen LogP contribution is -2.38. The van der Waals surface area contributed by atoms with Crippen molar-refractivity contribution in [2.45, 2.75) is 45.6 Å². The molecule has 1 heterocycles. The Balaban J connectivity index is 2.29. The van der Waals surface area contributed by atoms with E-state index in [2.05, 4.69) is 12.3 Å². The number of hydrogen-bond acceptors (Lipinski definition) is 3. The Labute approximate surface area is 114 Å². The van der Waals surface area contributed by atoms with E-state index in [1.54, 1.807) is 0 Å². The first-order valence-electron chi connectivity index (χ1n) is 7.01. The van der Waals surface area contributed by atoms with Crippen molar-refractivity contribution < 1.29 is 4.79 Å². The summed E-state index contributed by atoms with van der Waals surface area (Å²) in [5, 5.41) is 0. The number of amides is 1. The summed E-state index contributed by atoms with van der Waals surface area (Å²) < 4.78 is 0. The van der Waals surface area contributed by atoms with E-state index in [4.69, 9.17) is 5.84 Å². The Morgan fingerprint density at radius 3 is 2.89 bits per heavy atom. The quantitative estimate of drug-likeness (QED) is 0.635. The fourth-order valence-electron chi connectivity index (χ4n) is 2.69. The molecule has 0 saturated carbocycles. The van der Waals surface area contributed by atoms with Gasteiger partial charge in [0.05, 0.1) is 11.3 Å². The van der Waals surface area contributed by atoms with Gasteiger partial charge in [-0.15, -0.1) is 0 Å². The minimum Gasteiger partial charge on any atom is -0.336 e. The van der Waals surface area contributed by atoms with Gasteiger partial charge in [0.25, 0.3) is 5.91 Å². The summed E-state index contributed by atoms with van der Waals surface area (Å²) in [6, 6.07) is 6.04. The largest absolute Gasteiger partial charge is 0.336 e. The molecule has 1 unspecified atom stereocenters. The molecule has 4 nitrogen and oxygen atoms in total. The molecule has 1 aromatic rings. The Kier molecular flexibility index (Phi) is 4.43. The molecule has 0 bridgehead atoms. The molecule has 0 spiro atoms. The number of rotatable bonds is 2. The smallest absolute Gasteiger partial charge is 0.256 e. The minimum atomic E-state index is 0.0889. The molecule has 1 amide bonds. The summed E-state index contributed by atoms with van der Waals surface area (Å²) in [7, 11) is 0. The molecule has 1 aliphatic heterocycles. The number of benzene rings is 1. The zero-order valence-electron chi connectivity index (χ0n) is 11.8. The molecule has 1 aliphatic rings. The van der Waals surface area contributed by atoms with E-state index >= 15 is 0 Å². The Hall–Kier alpha value is -1.55. The zero-order valence-corrected chi connectivity index (χ0v) is 11.8. The highest BCUT2D eigenvalue weighted by Gasteiger charge is 2.24. The molecular weight excluding hydrogens is 238 g/mol. The minimum absolute atomic E-state index is 0.0889. The number of carbonyl (C=O) groups is 1. The lowest BCUT2D eigenvalue weighted by molar-refractivity contribution is 0.0699. The number of hydrazine groups is 1. The third kappa shape index (κ3) is 3.07. The van der Waals surface area contributed by atoms with Crippen molar-refractivity contribution >= 4 is 11.6 Å². The van der Waals surface area contributed by atoms with Crippen molar-refractivity contribution in [3.63, 3.8) is 0 Å². The lowest BCUT2D eigenvalue weighted by atomic mass is 10.1. The van der Waals surface area contributed by atoms with Gasteiger partial charge in [-0.3, -0.25) is 10.6 Å². The number of nitrogen functional groups attached to an aromatic ring is 1. The first kappa shape index (κ1) is 13.9. The summed E-state index contributed by atoms with van der Waals surface area (Å²) in [6.45, 7) is 4.97. The predicted molar refractivity (Wildman–Crippen MR) is 78.0 cm³/mol. The number of hydrogen-bond donors (Lipinski definition) is 2. The van der Waals surface area contributed by atoms with Gasteiger partial charge in [-0.2, -0.15) is 0 Å². The van der Waals surface area contributed by atoms with Crippen LogP contribution < -0.4 is 11.3 Å². The predicted octanol–water partition coefficient (Wildman–Crippen LogP) is 2.69. The van der Waals surface area contributed by atoms with Crippen LogP contribution in [-0.4, -0.2) is 23.4 Å². The fourth-order valence-corrected chi connectivity index (χ4v) is 2.69. The van der Waals surface area contributed by atoms with Gasteiger partial charge in [0, 0.05) is 12.6 Å². The third-order valence-corrected chi connectivity index (χ3v) is 3.87. The van der Waals surface area contributed by atoms with Crippen molar-refractivity contribution in [1.82, 2.24) is 4.90 Å². The van der Waals surface area contributed by atoms with Crippen molar-refractivity contribution in [1.29, 1.82) is 0 Å². The summed E-state index contributed by atoms with van der Waals surface area (Å²) >= 11 is 0. The zero-order chi connectivity index (χ0) is 13.8. The van der Waals surface area contributed by atoms with Crippen LogP contribution in [0.15, 0.2) is 18.2 Å². The third-order valence-electron chi connectivity index (χ3n) is 3.87. The Morgan fingerprint density at radius 2 is 2.16 bits per heavy atom. The maximum Gasteiger partial charge on any atom is 0.256 e. The molecule has 19 heavy (non-hydrogen) atoms. The lowest BCUT2D eigenvalue weighted by Gasteiger charge is -2.28. The van der Waals surface area contributed by atoms with E-state index in [0.717, 1.165) is 24.9 Å². The number of nitrogens with zero attached hydrogens (tertiary/aromatic N) is 1. The van der Waals surface area contributed by atoms with Gasteiger partial charge in [0.2, 0.25) is 0 Å². The van der Waals surface area contributed by atoms with Crippen LogP contribution in [0.25, 0.3) is 0 Å². The molecule has 3 N–H and O–H groups in total. The number of anilines is 1. The molecule has 1 aromatic carbocycles. The van der Waals surface area contributed by atoms with Crippen LogP contribution in [0.1, 0.15) is 48.5 Å². The Bertz CT molecular complexity index is 459. The van der Waals surface area contributed by atoms with Gasteiger partial charge in [0.15, 0.2) is 0 Å². The van der Waals surface area contributed by atoms with Gasteiger partial charge in [-0.05, 0) is 38.8 Å². The second kappa shape index (κ2) is 6.06. The number of carbonyl (C=O) groups excluding carboxylic acids is 1. The normalized spacial score (nSPS) is 19.9. The van der Waals surface area contributed by atoms with Crippen LogP contribution in [0, 0.1) is 6.92 Å². The number of nitrogens with one attached hydrogen (secondary N) is 1.